The Bertz CT molecular complexity index is 1000. The van der Waals surface area contributed by atoms with Gasteiger partial charge in [0.1, 0.15) is 6.07 Å². The molecule has 1 aliphatic heterocycles. The van der Waals surface area contributed by atoms with Crippen molar-refractivity contribution < 1.29 is 24.2 Å². The number of nitrogens with zero attached hydrogens (tertiary/aromatic N) is 3. The highest BCUT2D eigenvalue weighted by Crippen LogP contribution is 2.33. The number of hydrogen-bond acceptors (Lipinski definition) is 9. The third-order valence-electron chi connectivity index (χ3n) is 4.88. The highest BCUT2D eigenvalue weighted by molar-refractivity contribution is 8.01. The first-order chi connectivity index (χ1) is 15.0. The van der Waals surface area contributed by atoms with E-state index in [1.807, 2.05) is 4.90 Å². The second-order valence-corrected chi connectivity index (χ2v) is 8.88. The number of thioether (sulfide) groups is 1. The van der Waals surface area contributed by atoms with Crippen molar-refractivity contribution in [3.63, 3.8) is 0 Å². The van der Waals surface area contributed by atoms with Crippen molar-refractivity contribution in [2.45, 2.75) is 23.2 Å². The van der Waals surface area contributed by atoms with Crippen LogP contribution >= 0.6 is 23.1 Å². The first kappa shape index (κ1) is 22.7. The van der Waals surface area contributed by atoms with Crippen molar-refractivity contribution in [3.05, 3.63) is 28.8 Å². The fraction of sp³-hybridized carbons (Fsp3) is 0.400. The molecule has 2 N–H and O–H groups in total. The normalized spacial score (nSPS) is 15.6. The van der Waals surface area contributed by atoms with Crippen molar-refractivity contribution in [3.8, 4) is 17.6 Å². The van der Waals surface area contributed by atoms with Crippen LogP contribution in [-0.4, -0.2) is 66.0 Å². The van der Waals surface area contributed by atoms with E-state index in [0.717, 1.165) is 6.42 Å². The Morgan fingerprint density at radius 2 is 2.16 bits per heavy atom. The van der Waals surface area contributed by atoms with Gasteiger partial charge < -0.3 is 24.8 Å². The number of methoxy groups -OCH3 is 2. The third kappa shape index (κ3) is 5.39. The van der Waals surface area contributed by atoms with Crippen LogP contribution in [0.15, 0.2) is 21.9 Å². The quantitative estimate of drug-likeness (QED) is 0.513. The minimum atomic E-state index is -1.05. The molecule has 0 unspecified atom stereocenters. The third-order valence-corrected chi connectivity index (χ3v) is 6.89. The number of carboxylic acid groups (broad SMARTS) is 1. The van der Waals surface area contributed by atoms with Gasteiger partial charge in [0, 0.05) is 48.8 Å². The summed E-state index contributed by atoms with van der Waals surface area (Å²) in [4.78, 5) is 29.2. The van der Waals surface area contributed by atoms with Crippen molar-refractivity contribution in [1.29, 1.82) is 5.26 Å². The van der Waals surface area contributed by atoms with E-state index in [-0.39, 0.29) is 17.6 Å². The molecule has 11 heteroatoms. The van der Waals surface area contributed by atoms with Gasteiger partial charge in [-0.2, -0.15) is 5.26 Å². The summed E-state index contributed by atoms with van der Waals surface area (Å²) in [5.74, 6) is 0.659. The number of nitriles is 1. The van der Waals surface area contributed by atoms with Crippen LogP contribution in [0, 0.1) is 11.3 Å². The molecule has 1 aromatic carbocycles. The van der Waals surface area contributed by atoms with Gasteiger partial charge in [-0.3, -0.25) is 4.79 Å². The summed E-state index contributed by atoms with van der Waals surface area (Å²) in [5.41, 5.74) is 1.09. The molecular formula is C20H22N4O5S2. The fourth-order valence-corrected chi connectivity index (χ4v) is 5.12. The molecule has 1 aliphatic rings. The molecule has 1 saturated heterocycles. The van der Waals surface area contributed by atoms with Crippen LogP contribution in [0.4, 0.5) is 5.69 Å². The van der Waals surface area contributed by atoms with E-state index >= 15 is 0 Å². The number of thiazole rings is 1. The summed E-state index contributed by atoms with van der Waals surface area (Å²) >= 11 is 2.72. The number of rotatable bonds is 10. The molecule has 2 aromatic rings. The average Bonchev–Trinajstić information content (AvgIpc) is 3.39. The van der Waals surface area contributed by atoms with Crippen molar-refractivity contribution in [1.82, 2.24) is 9.88 Å². The Hall–Kier alpha value is -2.97. The largest absolute Gasteiger partial charge is 0.493 e. The molecular weight excluding hydrogens is 440 g/mol. The number of carboxylic acids is 1. The molecule has 1 atom stereocenters. The number of aromatic nitrogens is 1. The Morgan fingerprint density at radius 1 is 1.42 bits per heavy atom. The number of anilines is 1. The summed E-state index contributed by atoms with van der Waals surface area (Å²) in [6, 6.07) is 5.49. The lowest BCUT2D eigenvalue weighted by atomic mass is 10.1. The number of benzene rings is 1. The molecule has 0 spiro atoms. The molecule has 0 saturated carbocycles. The second-order valence-electron chi connectivity index (χ2n) is 6.68. The predicted octanol–water partition coefficient (Wildman–Crippen LogP) is 2.93. The standard InChI is InChI=1S/C20H22N4O5S2/c1-28-16-7-12(9-21)14(8-17(16)29-2)22-10-13-3-4-18(25)24(13)5-6-30-20-23-15(11-31-20)19(26)27/h7-8,11,13,22H,3-6,10H2,1-2H3,(H,26,27)/t13-/m1/s1. The van der Waals surface area contributed by atoms with Crippen LogP contribution in [0.2, 0.25) is 0 Å². The van der Waals surface area contributed by atoms with E-state index < -0.39 is 5.97 Å². The molecule has 31 heavy (non-hydrogen) atoms. The van der Waals surface area contributed by atoms with E-state index in [9.17, 15) is 14.9 Å². The van der Waals surface area contributed by atoms with Gasteiger partial charge in [-0.15, -0.1) is 11.3 Å². The van der Waals surface area contributed by atoms with Gasteiger partial charge in [-0.05, 0) is 6.42 Å². The highest BCUT2D eigenvalue weighted by Gasteiger charge is 2.30. The van der Waals surface area contributed by atoms with Crippen LogP contribution in [-0.2, 0) is 4.79 Å². The Labute approximate surface area is 188 Å². The molecule has 1 aromatic heterocycles. The molecule has 164 valence electrons. The van der Waals surface area contributed by atoms with Crippen molar-refractivity contribution in [2.24, 2.45) is 0 Å². The van der Waals surface area contributed by atoms with Crippen molar-refractivity contribution >= 4 is 40.7 Å². The zero-order chi connectivity index (χ0) is 22.4. The number of carbonyl (C=O) groups excluding carboxylic acids is 1. The summed E-state index contributed by atoms with van der Waals surface area (Å²) in [6.07, 6.45) is 1.21. The zero-order valence-electron chi connectivity index (χ0n) is 17.1. The Balaban J connectivity index is 1.60. The monoisotopic (exact) mass is 462 g/mol. The molecule has 0 aliphatic carbocycles. The number of carbonyl (C=O) groups is 2. The molecule has 1 amide bonds. The number of nitrogens with one attached hydrogen (secondary N) is 1. The van der Waals surface area contributed by atoms with Gasteiger partial charge in [0.2, 0.25) is 5.91 Å². The van der Waals surface area contributed by atoms with Crippen molar-refractivity contribution in [2.75, 3.05) is 38.4 Å². The lowest BCUT2D eigenvalue weighted by Gasteiger charge is -2.25. The van der Waals surface area contributed by atoms with E-state index in [2.05, 4.69) is 16.4 Å². The van der Waals surface area contributed by atoms with Gasteiger partial charge in [0.25, 0.3) is 0 Å². The summed E-state index contributed by atoms with van der Waals surface area (Å²) in [5, 5.41) is 23.2. The second kappa shape index (κ2) is 10.4. The van der Waals surface area contributed by atoms with Crippen LogP contribution in [0.5, 0.6) is 11.5 Å². The minimum absolute atomic E-state index is 0.00128. The smallest absolute Gasteiger partial charge is 0.355 e. The molecule has 0 bridgehead atoms. The maximum Gasteiger partial charge on any atom is 0.355 e. The maximum atomic E-state index is 12.3. The average molecular weight is 463 g/mol. The Morgan fingerprint density at radius 3 is 2.81 bits per heavy atom. The number of likely N-dealkylation sites (tertiary alicyclic amines) is 1. The molecule has 9 nitrogen and oxygen atoms in total. The van der Waals surface area contributed by atoms with E-state index in [1.165, 1.54) is 42.7 Å². The van der Waals surface area contributed by atoms with Gasteiger partial charge in [-0.1, -0.05) is 11.8 Å². The van der Waals surface area contributed by atoms with Crippen LogP contribution < -0.4 is 14.8 Å². The SMILES string of the molecule is COc1cc(C#N)c(NC[C@H]2CCC(=O)N2CCSc2nc(C(=O)O)cs2)cc1OC. The van der Waals surface area contributed by atoms with Gasteiger partial charge in [0.15, 0.2) is 21.5 Å². The Kier molecular flexibility index (Phi) is 7.59. The summed E-state index contributed by atoms with van der Waals surface area (Å²) < 4.78 is 11.2. The molecule has 2 heterocycles. The van der Waals surface area contributed by atoms with Gasteiger partial charge in [0.05, 0.1) is 25.5 Å². The van der Waals surface area contributed by atoms with E-state index in [4.69, 9.17) is 14.6 Å². The number of hydrogen-bond donors (Lipinski definition) is 2. The lowest BCUT2D eigenvalue weighted by molar-refractivity contribution is -0.128. The first-order valence-corrected chi connectivity index (χ1v) is 11.3. The summed E-state index contributed by atoms with van der Waals surface area (Å²) in [7, 11) is 3.05. The number of aromatic carboxylic acids is 1. The summed E-state index contributed by atoms with van der Waals surface area (Å²) in [6.45, 7) is 1.04. The predicted molar refractivity (Wildman–Crippen MR) is 117 cm³/mol. The molecule has 1 fully saturated rings. The molecule has 0 radical (unpaired) electrons. The number of ether oxygens (including phenoxy) is 2. The van der Waals surface area contributed by atoms with E-state index in [0.29, 0.717) is 52.4 Å². The van der Waals surface area contributed by atoms with Gasteiger partial charge >= 0.3 is 5.97 Å². The molecule has 3 rings (SSSR count). The first-order valence-electron chi connectivity index (χ1n) is 9.48. The van der Waals surface area contributed by atoms with Crippen LogP contribution in [0.3, 0.4) is 0 Å². The van der Waals surface area contributed by atoms with Crippen LogP contribution in [0.1, 0.15) is 28.9 Å². The highest BCUT2D eigenvalue weighted by atomic mass is 32.2. The van der Waals surface area contributed by atoms with E-state index in [1.54, 1.807) is 12.1 Å². The van der Waals surface area contributed by atoms with Gasteiger partial charge in [-0.25, -0.2) is 9.78 Å². The van der Waals surface area contributed by atoms with Crippen LogP contribution in [0.25, 0.3) is 0 Å². The number of amides is 1. The zero-order valence-corrected chi connectivity index (χ0v) is 18.7. The maximum absolute atomic E-state index is 12.3. The topological polar surface area (TPSA) is 125 Å². The fourth-order valence-electron chi connectivity index (χ4n) is 3.31. The minimum Gasteiger partial charge on any atom is -0.493 e. The lowest BCUT2D eigenvalue weighted by Crippen LogP contribution is -2.39.